The van der Waals surface area contributed by atoms with Crippen LogP contribution in [0.25, 0.3) is 0 Å². The average Bonchev–Trinajstić information content (AvgIpc) is 2.71. The SMILES string of the molecule is CCOC(C)(CC)c1nc(C(=O)OC)c(C)s1. The van der Waals surface area contributed by atoms with E-state index in [1.54, 1.807) is 0 Å². The lowest BCUT2D eigenvalue weighted by Crippen LogP contribution is -2.25. The summed E-state index contributed by atoms with van der Waals surface area (Å²) in [7, 11) is 1.36. The van der Waals surface area contributed by atoms with Crippen molar-refractivity contribution in [3.05, 3.63) is 15.6 Å². The zero-order valence-corrected chi connectivity index (χ0v) is 11.8. The molecule has 0 aliphatic heterocycles. The second kappa shape index (κ2) is 5.60. The highest BCUT2D eigenvalue weighted by molar-refractivity contribution is 7.12. The minimum atomic E-state index is -0.420. The van der Waals surface area contributed by atoms with E-state index in [0.29, 0.717) is 12.3 Å². The second-order valence-electron chi connectivity index (χ2n) is 3.93. The highest BCUT2D eigenvalue weighted by Gasteiger charge is 2.30. The molecule has 1 heterocycles. The molecule has 0 saturated heterocycles. The van der Waals surface area contributed by atoms with Gasteiger partial charge in [-0.2, -0.15) is 0 Å². The van der Waals surface area contributed by atoms with Crippen LogP contribution in [0.15, 0.2) is 0 Å². The predicted octanol–water partition coefficient (Wildman–Crippen LogP) is 2.90. The number of thiazole rings is 1. The van der Waals surface area contributed by atoms with Crippen LogP contribution in [-0.2, 0) is 15.1 Å². The first-order valence-corrected chi connectivity index (χ1v) is 6.50. The van der Waals surface area contributed by atoms with Crippen molar-refractivity contribution in [3.8, 4) is 0 Å². The number of aromatic nitrogens is 1. The Hall–Kier alpha value is -0.940. The van der Waals surface area contributed by atoms with Gasteiger partial charge in [0.15, 0.2) is 5.69 Å². The largest absolute Gasteiger partial charge is 0.464 e. The summed E-state index contributed by atoms with van der Waals surface area (Å²) in [5, 5.41) is 0.833. The van der Waals surface area contributed by atoms with E-state index in [4.69, 9.17) is 9.47 Å². The molecule has 1 atom stereocenters. The van der Waals surface area contributed by atoms with Gasteiger partial charge in [-0.25, -0.2) is 9.78 Å². The molecule has 5 heteroatoms. The van der Waals surface area contributed by atoms with Crippen LogP contribution in [-0.4, -0.2) is 24.7 Å². The molecule has 0 aromatic carbocycles. The van der Waals surface area contributed by atoms with Gasteiger partial charge >= 0.3 is 5.97 Å². The maximum absolute atomic E-state index is 11.5. The van der Waals surface area contributed by atoms with Crippen molar-refractivity contribution in [3.63, 3.8) is 0 Å². The van der Waals surface area contributed by atoms with Gasteiger partial charge in [0.1, 0.15) is 10.6 Å². The highest BCUT2D eigenvalue weighted by atomic mass is 32.1. The van der Waals surface area contributed by atoms with E-state index in [2.05, 4.69) is 4.98 Å². The van der Waals surface area contributed by atoms with Crippen molar-refractivity contribution in [2.45, 2.75) is 39.7 Å². The molecule has 17 heavy (non-hydrogen) atoms. The normalized spacial score (nSPS) is 14.4. The van der Waals surface area contributed by atoms with Gasteiger partial charge in [-0.05, 0) is 27.2 Å². The Morgan fingerprint density at radius 3 is 2.59 bits per heavy atom. The van der Waals surface area contributed by atoms with Gasteiger partial charge in [-0.3, -0.25) is 0 Å². The third kappa shape index (κ3) is 2.84. The fourth-order valence-electron chi connectivity index (χ4n) is 1.54. The topological polar surface area (TPSA) is 48.4 Å². The highest BCUT2D eigenvalue weighted by Crippen LogP contribution is 2.33. The Bertz CT molecular complexity index is 402. The Kier molecular flexibility index (Phi) is 4.65. The number of rotatable bonds is 5. The summed E-state index contributed by atoms with van der Waals surface area (Å²) in [6.45, 7) is 8.49. The number of hydrogen-bond acceptors (Lipinski definition) is 5. The van der Waals surface area contributed by atoms with Crippen molar-refractivity contribution in [1.29, 1.82) is 0 Å². The Labute approximate surface area is 106 Å². The zero-order chi connectivity index (χ0) is 13.1. The summed E-state index contributed by atoms with van der Waals surface area (Å²) >= 11 is 1.49. The third-order valence-corrected chi connectivity index (χ3v) is 3.98. The molecule has 0 radical (unpaired) electrons. The van der Waals surface area contributed by atoms with Crippen LogP contribution in [0.2, 0.25) is 0 Å². The van der Waals surface area contributed by atoms with Crippen molar-refractivity contribution in [2.75, 3.05) is 13.7 Å². The monoisotopic (exact) mass is 257 g/mol. The van der Waals surface area contributed by atoms with Gasteiger partial charge in [-0.1, -0.05) is 6.92 Å². The van der Waals surface area contributed by atoms with Crippen LogP contribution in [0.4, 0.5) is 0 Å². The maximum Gasteiger partial charge on any atom is 0.357 e. The fraction of sp³-hybridized carbons (Fsp3) is 0.667. The molecule has 0 aliphatic carbocycles. The Morgan fingerprint density at radius 1 is 1.47 bits per heavy atom. The number of carbonyl (C=O) groups is 1. The first-order valence-electron chi connectivity index (χ1n) is 5.68. The quantitative estimate of drug-likeness (QED) is 0.761. The van der Waals surface area contributed by atoms with E-state index < -0.39 is 5.60 Å². The molecule has 4 nitrogen and oxygen atoms in total. The number of ether oxygens (including phenoxy) is 2. The van der Waals surface area contributed by atoms with E-state index in [1.165, 1.54) is 18.4 Å². The molecule has 1 rings (SSSR count). The molecule has 0 saturated carbocycles. The fourth-order valence-corrected chi connectivity index (χ4v) is 2.61. The molecular weight excluding hydrogens is 238 g/mol. The molecule has 1 aromatic heterocycles. The molecule has 0 amide bonds. The first kappa shape index (κ1) is 14.1. The van der Waals surface area contributed by atoms with E-state index in [9.17, 15) is 4.79 Å². The van der Waals surface area contributed by atoms with Gasteiger partial charge in [0.25, 0.3) is 0 Å². The van der Waals surface area contributed by atoms with Crippen molar-refractivity contribution < 1.29 is 14.3 Å². The predicted molar refractivity (Wildman–Crippen MR) is 67.5 cm³/mol. The molecule has 96 valence electrons. The van der Waals surface area contributed by atoms with Crippen LogP contribution >= 0.6 is 11.3 Å². The third-order valence-electron chi connectivity index (χ3n) is 2.77. The van der Waals surface area contributed by atoms with Gasteiger partial charge in [-0.15, -0.1) is 11.3 Å². The van der Waals surface area contributed by atoms with E-state index in [0.717, 1.165) is 16.3 Å². The molecule has 0 bridgehead atoms. The average molecular weight is 257 g/mol. The maximum atomic E-state index is 11.5. The van der Waals surface area contributed by atoms with Crippen LogP contribution in [0.3, 0.4) is 0 Å². The van der Waals surface area contributed by atoms with E-state index in [-0.39, 0.29) is 5.97 Å². The lowest BCUT2D eigenvalue weighted by Gasteiger charge is -2.25. The summed E-state index contributed by atoms with van der Waals surface area (Å²) in [5.74, 6) is -0.389. The Morgan fingerprint density at radius 2 is 2.12 bits per heavy atom. The zero-order valence-electron chi connectivity index (χ0n) is 11.0. The molecule has 0 fully saturated rings. The first-order chi connectivity index (χ1) is 7.98. The number of methoxy groups -OCH3 is 1. The molecular formula is C12H19NO3S. The Balaban J connectivity index is 3.11. The molecule has 0 N–H and O–H groups in total. The van der Waals surface area contributed by atoms with Gasteiger partial charge in [0.05, 0.1) is 7.11 Å². The van der Waals surface area contributed by atoms with Gasteiger partial charge < -0.3 is 9.47 Å². The van der Waals surface area contributed by atoms with E-state index in [1.807, 2.05) is 27.7 Å². The standard InChI is InChI=1S/C12H19NO3S/c1-6-12(4,16-7-2)11-13-9(8(3)17-11)10(14)15-5/h6-7H2,1-5H3. The van der Waals surface area contributed by atoms with Crippen LogP contribution in [0.1, 0.15) is 47.6 Å². The smallest absolute Gasteiger partial charge is 0.357 e. The van der Waals surface area contributed by atoms with Crippen LogP contribution < -0.4 is 0 Å². The molecule has 0 spiro atoms. The van der Waals surface area contributed by atoms with E-state index >= 15 is 0 Å². The number of nitrogens with zero attached hydrogens (tertiary/aromatic N) is 1. The van der Waals surface area contributed by atoms with Gasteiger partial charge in [0.2, 0.25) is 0 Å². The van der Waals surface area contributed by atoms with Crippen molar-refractivity contribution in [2.24, 2.45) is 0 Å². The minimum Gasteiger partial charge on any atom is -0.464 e. The van der Waals surface area contributed by atoms with Crippen LogP contribution in [0.5, 0.6) is 0 Å². The second-order valence-corrected chi connectivity index (χ2v) is 5.14. The summed E-state index contributed by atoms with van der Waals surface area (Å²) in [6.07, 6.45) is 0.814. The summed E-state index contributed by atoms with van der Waals surface area (Å²) in [6, 6.07) is 0. The van der Waals surface area contributed by atoms with Crippen LogP contribution in [0, 0.1) is 6.92 Å². The lowest BCUT2D eigenvalue weighted by atomic mass is 10.0. The molecule has 1 unspecified atom stereocenters. The summed E-state index contributed by atoms with van der Waals surface area (Å²) < 4.78 is 10.4. The number of esters is 1. The van der Waals surface area contributed by atoms with Crippen molar-refractivity contribution in [1.82, 2.24) is 4.98 Å². The summed E-state index contributed by atoms with van der Waals surface area (Å²) in [5.41, 5.74) is -0.0249. The number of carbonyl (C=O) groups excluding carboxylic acids is 1. The molecule has 1 aromatic rings. The number of hydrogen-bond donors (Lipinski definition) is 0. The molecule has 0 aliphatic rings. The van der Waals surface area contributed by atoms with Gasteiger partial charge in [0, 0.05) is 11.5 Å². The number of aryl methyl sites for hydroxylation is 1. The lowest BCUT2D eigenvalue weighted by molar-refractivity contribution is -0.0325. The van der Waals surface area contributed by atoms with Crippen molar-refractivity contribution >= 4 is 17.3 Å². The minimum absolute atomic E-state index is 0.389. The summed E-state index contributed by atoms with van der Waals surface area (Å²) in [4.78, 5) is 16.7.